The Balaban J connectivity index is 1.60. The zero-order valence-corrected chi connectivity index (χ0v) is 14.9. The van der Waals surface area contributed by atoms with Crippen LogP contribution in [0.4, 0.5) is 0 Å². The summed E-state index contributed by atoms with van der Waals surface area (Å²) < 4.78 is 2.19. The van der Waals surface area contributed by atoms with Gasteiger partial charge in [-0.1, -0.05) is 0 Å². The van der Waals surface area contributed by atoms with E-state index in [0.29, 0.717) is 12.3 Å². The van der Waals surface area contributed by atoms with Gasteiger partial charge in [0, 0.05) is 36.9 Å². The van der Waals surface area contributed by atoms with Crippen LogP contribution in [0.2, 0.25) is 0 Å². The molecule has 1 amide bonds. The molecule has 0 radical (unpaired) electrons. The number of thiazole rings is 1. The van der Waals surface area contributed by atoms with Crippen LogP contribution in [0.15, 0.2) is 12.4 Å². The van der Waals surface area contributed by atoms with Gasteiger partial charge in [-0.25, -0.2) is 9.97 Å². The topological polar surface area (TPSA) is 51.0 Å². The molecule has 0 aromatic carbocycles. The molecular weight excluding hydrogens is 308 g/mol. The minimum Gasteiger partial charge on any atom is -0.342 e. The highest BCUT2D eigenvalue weighted by Crippen LogP contribution is 2.22. The monoisotopic (exact) mass is 332 g/mol. The SMILES string of the molecule is Cc1nc(C)c(CC(=O)N2CCC[C@@H](Cn3ccnc3C)C2)s1. The van der Waals surface area contributed by atoms with E-state index in [1.807, 2.05) is 38.1 Å². The van der Waals surface area contributed by atoms with Gasteiger partial charge < -0.3 is 9.47 Å². The fraction of sp³-hybridized carbons (Fsp3) is 0.588. The van der Waals surface area contributed by atoms with Crippen molar-refractivity contribution in [2.75, 3.05) is 13.1 Å². The lowest BCUT2D eigenvalue weighted by Gasteiger charge is -2.33. The summed E-state index contributed by atoms with van der Waals surface area (Å²) in [5, 5.41) is 1.04. The van der Waals surface area contributed by atoms with Crippen LogP contribution in [0.3, 0.4) is 0 Å². The number of likely N-dealkylation sites (tertiary alicyclic amines) is 1. The molecule has 0 spiro atoms. The van der Waals surface area contributed by atoms with Crippen LogP contribution < -0.4 is 0 Å². The molecule has 5 nitrogen and oxygen atoms in total. The van der Waals surface area contributed by atoms with Crippen LogP contribution in [0.25, 0.3) is 0 Å². The highest BCUT2D eigenvalue weighted by molar-refractivity contribution is 7.11. The largest absolute Gasteiger partial charge is 0.342 e. The molecule has 1 atom stereocenters. The summed E-state index contributed by atoms with van der Waals surface area (Å²) in [4.78, 5) is 24.5. The third-order valence-electron chi connectivity index (χ3n) is 4.56. The molecule has 23 heavy (non-hydrogen) atoms. The van der Waals surface area contributed by atoms with Gasteiger partial charge >= 0.3 is 0 Å². The van der Waals surface area contributed by atoms with E-state index in [4.69, 9.17) is 0 Å². The molecular formula is C17H24N4OS. The Bertz CT molecular complexity index is 691. The van der Waals surface area contributed by atoms with E-state index in [9.17, 15) is 4.79 Å². The number of rotatable bonds is 4. The fourth-order valence-electron chi connectivity index (χ4n) is 3.30. The summed E-state index contributed by atoms with van der Waals surface area (Å²) in [7, 11) is 0. The number of piperidine rings is 1. The van der Waals surface area contributed by atoms with Gasteiger partial charge in [-0.3, -0.25) is 4.79 Å². The quantitative estimate of drug-likeness (QED) is 0.865. The molecule has 1 aliphatic rings. The Hall–Kier alpha value is -1.69. The predicted octanol–water partition coefficient (Wildman–Crippen LogP) is 2.75. The van der Waals surface area contributed by atoms with Gasteiger partial charge in [0.05, 0.1) is 17.1 Å². The molecule has 2 aromatic heterocycles. The maximum Gasteiger partial charge on any atom is 0.227 e. The molecule has 0 aliphatic carbocycles. The third kappa shape index (κ3) is 3.80. The molecule has 0 saturated carbocycles. The van der Waals surface area contributed by atoms with Crippen LogP contribution in [-0.4, -0.2) is 38.4 Å². The van der Waals surface area contributed by atoms with Gasteiger partial charge in [0.1, 0.15) is 5.82 Å². The molecule has 0 bridgehead atoms. The average Bonchev–Trinajstić information content (AvgIpc) is 3.05. The number of nitrogens with zero attached hydrogens (tertiary/aromatic N) is 4. The number of carbonyl (C=O) groups is 1. The third-order valence-corrected chi connectivity index (χ3v) is 5.63. The number of aryl methyl sites for hydroxylation is 3. The highest BCUT2D eigenvalue weighted by atomic mass is 32.1. The number of aromatic nitrogens is 3. The molecule has 0 unspecified atom stereocenters. The first-order valence-corrected chi connectivity index (χ1v) is 9.03. The molecule has 3 heterocycles. The molecule has 1 fully saturated rings. The second-order valence-electron chi connectivity index (χ2n) is 6.39. The van der Waals surface area contributed by atoms with Gasteiger partial charge in [-0.2, -0.15) is 0 Å². The minimum absolute atomic E-state index is 0.240. The van der Waals surface area contributed by atoms with Crippen molar-refractivity contribution in [3.8, 4) is 0 Å². The Labute approximate surface area is 141 Å². The molecule has 0 N–H and O–H groups in total. The maximum atomic E-state index is 12.6. The first-order valence-electron chi connectivity index (χ1n) is 8.21. The first kappa shape index (κ1) is 16.2. The molecule has 2 aromatic rings. The van der Waals surface area contributed by atoms with Crippen LogP contribution in [0, 0.1) is 26.7 Å². The summed E-state index contributed by atoms with van der Waals surface area (Å²) >= 11 is 1.64. The Morgan fingerprint density at radius 3 is 2.87 bits per heavy atom. The van der Waals surface area contributed by atoms with E-state index < -0.39 is 0 Å². The van der Waals surface area contributed by atoms with Crippen molar-refractivity contribution in [1.29, 1.82) is 0 Å². The lowest BCUT2D eigenvalue weighted by molar-refractivity contribution is -0.132. The number of amides is 1. The molecule has 1 aliphatic heterocycles. The lowest BCUT2D eigenvalue weighted by Crippen LogP contribution is -2.41. The Morgan fingerprint density at radius 1 is 1.39 bits per heavy atom. The Kier molecular flexibility index (Phi) is 4.80. The van der Waals surface area contributed by atoms with Crippen LogP contribution >= 0.6 is 11.3 Å². The predicted molar refractivity (Wildman–Crippen MR) is 91.6 cm³/mol. The zero-order valence-electron chi connectivity index (χ0n) is 14.1. The minimum atomic E-state index is 0.240. The summed E-state index contributed by atoms with van der Waals surface area (Å²) in [6, 6.07) is 0. The summed E-state index contributed by atoms with van der Waals surface area (Å²) in [5.74, 6) is 1.80. The van der Waals surface area contributed by atoms with Crippen molar-refractivity contribution in [3.05, 3.63) is 33.8 Å². The van der Waals surface area contributed by atoms with E-state index in [2.05, 4.69) is 14.5 Å². The van der Waals surface area contributed by atoms with Crippen molar-refractivity contribution in [3.63, 3.8) is 0 Å². The van der Waals surface area contributed by atoms with Gasteiger partial charge in [0.15, 0.2) is 0 Å². The van der Waals surface area contributed by atoms with E-state index in [0.717, 1.165) is 47.5 Å². The smallest absolute Gasteiger partial charge is 0.227 e. The van der Waals surface area contributed by atoms with Gasteiger partial charge in [-0.05, 0) is 39.5 Å². The fourth-order valence-corrected chi connectivity index (χ4v) is 4.23. The summed E-state index contributed by atoms with van der Waals surface area (Å²) in [6.07, 6.45) is 6.63. The highest BCUT2D eigenvalue weighted by Gasteiger charge is 2.25. The van der Waals surface area contributed by atoms with Crippen LogP contribution in [0.5, 0.6) is 0 Å². The average molecular weight is 332 g/mol. The Morgan fingerprint density at radius 2 is 2.22 bits per heavy atom. The number of hydrogen-bond acceptors (Lipinski definition) is 4. The standard InChI is InChI=1S/C17H24N4OS/c1-12-16(23-14(3)19-12)9-17(22)21-7-4-5-15(11-21)10-20-8-6-18-13(20)2/h6,8,15H,4-5,7,9-11H2,1-3H3/t15-/m0/s1. The molecule has 3 rings (SSSR count). The molecule has 1 saturated heterocycles. The second kappa shape index (κ2) is 6.83. The lowest BCUT2D eigenvalue weighted by atomic mass is 9.97. The summed E-state index contributed by atoms with van der Waals surface area (Å²) in [6.45, 7) is 8.71. The van der Waals surface area contributed by atoms with Gasteiger partial charge in [0.25, 0.3) is 0 Å². The van der Waals surface area contributed by atoms with Crippen molar-refractivity contribution in [1.82, 2.24) is 19.4 Å². The number of carbonyl (C=O) groups excluding carboxylic acids is 1. The van der Waals surface area contributed by atoms with E-state index in [1.165, 1.54) is 6.42 Å². The van der Waals surface area contributed by atoms with Crippen molar-refractivity contribution >= 4 is 17.2 Å². The van der Waals surface area contributed by atoms with E-state index >= 15 is 0 Å². The van der Waals surface area contributed by atoms with Crippen molar-refractivity contribution < 1.29 is 4.79 Å². The number of imidazole rings is 1. The van der Waals surface area contributed by atoms with Crippen molar-refractivity contribution in [2.45, 2.75) is 46.6 Å². The van der Waals surface area contributed by atoms with Gasteiger partial charge in [-0.15, -0.1) is 11.3 Å². The second-order valence-corrected chi connectivity index (χ2v) is 7.68. The molecule has 124 valence electrons. The van der Waals surface area contributed by atoms with Gasteiger partial charge in [0.2, 0.25) is 5.91 Å². The number of hydrogen-bond donors (Lipinski definition) is 0. The van der Waals surface area contributed by atoms with E-state index in [-0.39, 0.29) is 5.91 Å². The van der Waals surface area contributed by atoms with Crippen LogP contribution in [-0.2, 0) is 17.8 Å². The zero-order chi connectivity index (χ0) is 16.4. The van der Waals surface area contributed by atoms with Crippen molar-refractivity contribution in [2.24, 2.45) is 5.92 Å². The first-order chi connectivity index (χ1) is 11.0. The summed E-state index contributed by atoms with van der Waals surface area (Å²) in [5.41, 5.74) is 1.00. The van der Waals surface area contributed by atoms with Crippen LogP contribution in [0.1, 0.15) is 34.2 Å². The maximum absolute atomic E-state index is 12.6. The normalized spacial score (nSPS) is 18.4. The van der Waals surface area contributed by atoms with E-state index in [1.54, 1.807) is 11.3 Å². The molecule has 6 heteroatoms.